The summed E-state index contributed by atoms with van der Waals surface area (Å²) in [6, 6.07) is 18.8. The smallest absolute Gasteiger partial charge is 0.165 e. The third kappa shape index (κ3) is 5.08. The minimum Gasteiger partial charge on any atom is -0.493 e. The van der Waals surface area contributed by atoms with Gasteiger partial charge in [0.15, 0.2) is 11.5 Å². The largest absolute Gasteiger partial charge is 0.493 e. The molecular weight excluding hydrogens is 336 g/mol. The normalized spacial score (nSPS) is 10.8. The highest BCUT2D eigenvalue weighted by atomic mass is 16.5. The molecule has 0 aliphatic heterocycles. The van der Waals surface area contributed by atoms with Gasteiger partial charge in [-0.15, -0.1) is 0 Å². The van der Waals surface area contributed by atoms with Crippen molar-refractivity contribution in [3.63, 3.8) is 0 Å². The van der Waals surface area contributed by atoms with Crippen LogP contribution in [-0.2, 0) is 19.6 Å². The molecule has 0 radical (unpaired) electrons. The van der Waals surface area contributed by atoms with Gasteiger partial charge in [0.05, 0.1) is 14.2 Å². The molecule has 3 rings (SSSR count). The lowest BCUT2D eigenvalue weighted by molar-refractivity contribution is 0.242. The van der Waals surface area contributed by atoms with Gasteiger partial charge in [-0.3, -0.25) is 9.88 Å². The van der Waals surface area contributed by atoms with Gasteiger partial charge >= 0.3 is 0 Å². The van der Waals surface area contributed by atoms with Gasteiger partial charge in [-0.1, -0.05) is 42.0 Å². The summed E-state index contributed by atoms with van der Waals surface area (Å²) in [6.07, 6.45) is 3.68. The van der Waals surface area contributed by atoms with Crippen LogP contribution in [0.5, 0.6) is 11.5 Å². The van der Waals surface area contributed by atoms with Crippen molar-refractivity contribution in [2.24, 2.45) is 0 Å². The predicted octanol–water partition coefficient (Wildman–Crippen LogP) is 4.61. The van der Waals surface area contributed by atoms with Gasteiger partial charge in [0.25, 0.3) is 0 Å². The zero-order chi connectivity index (χ0) is 19.1. The van der Waals surface area contributed by atoms with Gasteiger partial charge in [-0.25, -0.2) is 0 Å². The predicted molar refractivity (Wildman–Crippen MR) is 108 cm³/mol. The van der Waals surface area contributed by atoms with Crippen LogP contribution in [0.15, 0.2) is 67.0 Å². The van der Waals surface area contributed by atoms with E-state index in [9.17, 15) is 0 Å². The van der Waals surface area contributed by atoms with Gasteiger partial charge in [0.2, 0.25) is 0 Å². The third-order valence-electron chi connectivity index (χ3n) is 4.56. The van der Waals surface area contributed by atoms with Crippen LogP contribution in [0.1, 0.15) is 22.3 Å². The number of aryl methyl sites for hydroxylation is 1. The van der Waals surface area contributed by atoms with Crippen LogP contribution in [0.3, 0.4) is 0 Å². The van der Waals surface area contributed by atoms with E-state index < -0.39 is 0 Å². The van der Waals surface area contributed by atoms with E-state index in [1.165, 1.54) is 16.7 Å². The number of rotatable bonds is 8. The number of aromatic nitrogens is 1. The molecule has 0 saturated heterocycles. The Balaban J connectivity index is 1.86. The van der Waals surface area contributed by atoms with E-state index in [2.05, 4.69) is 59.3 Å². The minimum absolute atomic E-state index is 0.759. The second kappa shape index (κ2) is 9.19. The summed E-state index contributed by atoms with van der Waals surface area (Å²) in [7, 11) is 3.36. The van der Waals surface area contributed by atoms with Crippen molar-refractivity contribution in [1.29, 1.82) is 0 Å². The van der Waals surface area contributed by atoms with Crippen LogP contribution < -0.4 is 9.47 Å². The molecule has 1 heterocycles. The van der Waals surface area contributed by atoms with Gasteiger partial charge in [-0.05, 0) is 36.2 Å². The molecule has 2 aromatic carbocycles. The lowest BCUT2D eigenvalue weighted by Crippen LogP contribution is -2.23. The highest BCUT2D eigenvalue weighted by Crippen LogP contribution is 2.32. The number of benzene rings is 2. The molecule has 4 nitrogen and oxygen atoms in total. The van der Waals surface area contributed by atoms with Gasteiger partial charge in [0.1, 0.15) is 0 Å². The molecule has 140 valence electrons. The van der Waals surface area contributed by atoms with E-state index in [0.717, 1.165) is 36.7 Å². The number of para-hydroxylation sites is 1. The van der Waals surface area contributed by atoms with Gasteiger partial charge < -0.3 is 9.47 Å². The average molecular weight is 362 g/mol. The Morgan fingerprint density at radius 2 is 1.44 bits per heavy atom. The molecule has 0 aliphatic rings. The summed E-state index contributed by atoms with van der Waals surface area (Å²) in [5.41, 5.74) is 4.91. The number of hydrogen-bond donors (Lipinski definition) is 0. The molecule has 0 N–H and O–H groups in total. The van der Waals surface area contributed by atoms with Crippen LogP contribution in [0.2, 0.25) is 0 Å². The van der Waals surface area contributed by atoms with Crippen LogP contribution in [0, 0.1) is 6.92 Å². The zero-order valence-corrected chi connectivity index (χ0v) is 16.2. The molecule has 0 spiro atoms. The lowest BCUT2D eigenvalue weighted by Gasteiger charge is -2.24. The maximum absolute atomic E-state index is 5.62. The molecule has 3 aromatic rings. The lowest BCUT2D eigenvalue weighted by atomic mass is 10.1. The SMILES string of the molecule is COc1cccc(CN(Cc2ccncc2)Cc2ccc(C)cc2)c1OC. The van der Waals surface area contributed by atoms with Crippen molar-refractivity contribution in [2.45, 2.75) is 26.6 Å². The maximum atomic E-state index is 5.62. The van der Waals surface area contributed by atoms with Crippen molar-refractivity contribution in [3.8, 4) is 11.5 Å². The van der Waals surface area contributed by atoms with E-state index in [1.807, 2.05) is 24.5 Å². The Labute approximate surface area is 161 Å². The summed E-state index contributed by atoms with van der Waals surface area (Å²) in [5, 5.41) is 0. The Bertz CT molecular complexity index is 848. The van der Waals surface area contributed by atoms with Crippen molar-refractivity contribution in [1.82, 2.24) is 9.88 Å². The molecular formula is C23H26N2O2. The molecule has 0 atom stereocenters. The fourth-order valence-corrected chi connectivity index (χ4v) is 3.18. The Morgan fingerprint density at radius 1 is 0.778 bits per heavy atom. The summed E-state index contributed by atoms with van der Waals surface area (Å²) in [5.74, 6) is 1.55. The first kappa shape index (κ1) is 18.9. The second-order valence-electron chi connectivity index (χ2n) is 6.64. The second-order valence-corrected chi connectivity index (χ2v) is 6.64. The molecule has 0 aliphatic carbocycles. The quantitative estimate of drug-likeness (QED) is 0.586. The van der Waals surface area contributed by atoms with Crippen molar-refractivity contribution < 1.29 is 9.47 Å². The maximum Gasteiger partial charge on any atom is 0.165 e. The first-order valence-corrected chi connectivity index (χ1v) is 9.06. The minimum atomic E-state index is 0.759. The highest BCUT2D eigenvalue weighted by molar-refractivity contribution is 5.46. The third-order valence-corrected chi connectivity index (χ3v) is 4.56. The summed E-state index contributed by atoms with van der Waals surface area (Å²) in [4.78, 5) is 6.53. The van der Waals surface area contributed by atoms with Crippen LogP contribution in [0.4, 0.5) is 0 Å². The molecule has 4 heteroatoms. The fourth-order valence-electron chi connectivity index (χ4n) is 3.18. The highest BCUT2D eigenvalue weighted by Gasteiger charge is 2.14. The van der Waals surface area contributed by atoms with E-state index >= 15 is 0 Å². The molecule has 0 fully saturated rings. The molecule has 27 heavy (non-hydrogen) atoms. The average Bonchev–Trinajstić information content (AvgIpc) is 2.70. The Kier molecular flexibility index (Phi) is 6.44. The number of hydrogen-bond acceptors (Lipinski definition) is 4. The zero-order valence-electron chi connectivity index (χ0n) is 16.2. The number of ether oxygens (including phenoxy) is 2. The topological polar surface area (TPSA) is 34.6 Å². The van der Waals surface area contributed by atoms with Crippen LogP contribution >= 0.6 is 0 Å². The van der Waals surface area contributed by atoms with Crippen molar-refractivity contribution >= 4 is 0 Å². The molecule has 1 aromatic heterocycles. The van der Waals surface area contributed by atoms with E-state index in [0.29, 0.717) is 0 Å². The molecule has 0 bridgehead atoms. The first-order valence-electron chi connectivity index (χ1n) is 9.06. The van der Waals surface area contributed by atoms with Gasteiger partial charge in [-0.2, -0.15) is 0 Å². The molecule has 0 amide bonds. The summed E-state index contributed by atoms with van der Waals surface area (Å²) >= 11 is 0. The standard InChI is InChI=1S/C23H26N2O2/c1-18-7-9-19(10-8-18)15-25(16-20-11-13-24-14-12-20)17-21-5-4-6-22(26-2)23(21)27-3/h4-14H,15-17H2,1-3H3. The summed E-state index contributed by atoms with van der Waals surface area (Å²) in [6.45, 7) is 4.55. The van der Waals surface area contributed by atoms with Gasteiger partial charge in [0, 0.05) is 37.6 Å². The monoisotopic (exact) mass is 362 g/mol. The Hall–Kier alpha value is -2.85. The first-order chi connectivity index (χ1) is 13.2. The van der Waals surface area contributed by atoms with Crippen LogP contribution in [0.25, 0.3) is 0 Å². The van der Waals surface area contributed by atoms with Crippen molar-refractivity contribution in [3.05, 3.63) is 89.2 Å². The van der Waals surface area contributed by atoms with Crippen molar-refractivity contribution in [2.75, 3.05) is 14.2 Å². The number of pyridine rings is 1. The Morgan fingerprint density at radius 3 is 2.07 bits per heavy atom. The van der Waals surface area contributed by atoms with E-state index in [-0.39, 0.29) is 0 Å². The van der Waals surface area contributed by atoms with E-state index in [4.69, 9.17) is 9.47 Å². The summed E-state index contributed by atoms with van der Waals surface area (Å²) < 4.78 is 11.1. The molecule has 0 saturated carbocycles. The molecule has 0 unspecified atom stereocenters. The van der Waals surface area contributed by atoms with E-state index in [1.54, 1.807) is 14.2 Å². The fraction of sp³-hybridized carbons (Fsp3) is 0.261. The number of methoxy groups -OCH3 is 2. The number of nitrogens with zero attached hydrogens (tertiary/aromatic N) is 2. The van der Waals surface area contributed by atoms with Crippen LogP contribution in [-0.4, -0.2) is 24.1 Å².